The maximum atomic E-state index is 13.8. The van der Waals surface area contributed by atoms with Crippen LogP contribution < -0.4 is 0 Å². The van der Waals surface area contributed by atoms with Crippen molar-refractivity contribution in [3.8, 4) is 0 Å². The Morgan fingerprint density at radius 3 is 2.47 bits per heavy atom. The number of hydrogen-bond donors (Lipinski definition) is 0. The molecule has 0 atom stereocenters. The zero-order valence-electron chi connectivity index (χ0n) is 11.1. The van der Waals surface area contributed by atoms with Crippen molar-refractivity contribution < 1.29 is 9.18 Å². The molecule has 2 rings (SSSR count). The van der Waals surface area contributed by atoms with Gasteiger partial charge in [-0.05, 0) is 30.2 Å². The molecule has 0 N–H and O–H groups in total. The fourth-order valence-electron chi connectivity index (χ4n) is 1.93. The lowest BCUT2D eigenvalue weighted by atomic mass is 10.1. The summed E-state index contributed by atoms with van der Waals surface area (Å²) in [6, 6.07) is 14.3. The summed E-state index contributed by atoms with van der Waals surface area (Å²) in [7, 11) is 1.68. The molecule has 3 heteroatoms. The van der Waals surface area contributed by atoms with Crippen molar-refractivity contribution in [1.29, 1.82) is 0 Å². The molecule has 0 aliphatic carbocycles. The molecule has 2 aromatic carbocycles. The Balaban J connectivity index is 2.15. The number of rotatable bonds is 3. The predicted molar refractivity (Wildman–Crippen MR) is 73.4 cm³/mol. The molecule has 0 heterocycles. The summed E-state index contributed by atoms with van der Waals surface area (Å²) >= 11 is 0. The number of benzene rings is 2. The number of carbonyl (C=O) groups is 1. The molecule has 0 radical (unpaired) electrons. The van der Waals surface area contributed by atoms with E-state index in [-0.39, 0.29) is 11.5 Å². The SMILES string of the molecule is Cc1ccc(C(=O)N(C)Cc2ccccc2)c(F)c1. The Morgan fingerprint density at radius 2 is 1.84 bits per heavy atom. The molecule has 0 aliphatic heterocycles. The highest BCUT2D eigenvalue weighted by Gasteiger charge is 2.16. The van der Waals surface area contributed by atoms with E-state index in [4.69, 9.17) is 0 Å². The maximum Gasteiger partial charge on any atom is 0.256 e. The molecule has 2 nitrogen and oxygen atoms in total. The second-order valence-corrected chi connectivity index (χ2v) is 4.63. The largest absolute Gasteiger partial charge is 0.337 e. The Labute approximate surface area is 112 Å². The maximum absolute atomic E-state index is 13.8. The number of aryl methyl sites for hydroxylation is 1. The van der Waals surface area contributed by atoms with Gasteiger partial charge in [0.1, 0.15) is 5.82 Å². The second kappa shape index (κ2) is 5.65. The first-order valence-corrected chi connectivity index (χ1v) is 6.13. The summed E-state index contributed by atoms with van der Waals surface area (Å²) in [5.41, 5.74) is 1.94. The third-order valence-corrected chi connectivity index (χ3v) is 2.96. The van der Waals surface area contributed by atoms with Crippen LogP contribution in [0, 0.1) is 12.7 Å². The molecule has 0 saturated carbocycles. The molecular weight excluding hydrogens is 241 g/mol. The fraction of sp³-hybridized carbons (Fsp3) is 0.188. The molecule has 0 fully saturated rings. The van der Waals surface area contributed by atoms with Gasteiger partial charge in [0, 0.05) is 13.6 Å². The van der Waals surface area contributed by atoms with Crippen LogP contribution in [0.4, 0.5) is 4.39 Å². The van der Waals surface area contributed by atoms with Crippen molar-refractivity contribution in [2.75, 3.05) is 7.05 Å². The van der Waals surface area contributed by atoms with Gasteiger partial charge < -0.3 is 4.90 Å². The van der Waals surface area contributed by atoms with Gasteiger partial charge in [-0.3, -0.25) is 4.79 Å². The van der Waals surface area contributed by atoms with Gasteiger partial charge in [-0.1, -0.05) is 36.4 Å². The lowest BCUT2D eigenvalue weighted by molar-refractivity contribution is 0.0780. The Kier molecular flexibility index (Phi) is 3.95. The molecule has 0 bridgehead atoms. The average molecular weight is 257 g/mol. The van der Waals surface area contributed by atoms with Gasteiger partial charge in [0.05, 0.1) is 5.56 Å². The first-order valence-electron chi connectivity index (χ1n) is 6.13. The van der Waals surface area contributed by atoms with Crippen molar-refractivity contribution in [2.45, 2.75) is 13.5 Å². The van der Waals surface area contributed by atoms with E-state index < -0.39 is 5.82 Å². The van der Waals surface area contributed by atoms with Crippen LogP contribution in [-0.4, -0.2) is 17.9 Å². The van der Waals surface area contributed by atoms with E-state index in [1.807, 2.05) is 30.3 Å². The lowest BCUT2D eigenvalue weighted by Crippen LogP contribution is -2.27. The molecule has 0 unspecified atom stereocenters. The van der Waals surface area contributed by atoms with Gasteiger partial charge in [0.2, 0.25) is 0 Å². The molecule has 0 saturated heterocycles. The number of halogens is 1. The van der Waals surface area contributed by atoms with E-state index in [2.05, 4.69) is 0 Å². The van der Waals surface area contributed by atoms with E-state index in [1.165, 1.54) is 17.0 Å². The molecular formula is C16H16FNO. The van der Waals surface area contributed by atoms with Crippen LogP contribution in [0.1, 0.15) is 21.5 Å². The zero-order valence-corrected chi connectivity index (χ0v) is 11.1. The zero-order chi connectivity index (χ0) is 13.8. The van der Waals surface area contributed by atoms with E-state index in [0.717, 1.165) is 11.1 Å². The van der Waals surface area contributed by atoms with Gasteiger partial charge in [-0.2, -0.15) is 0 Å². The average Bonchev–Trinajstić information content (AvgIpc) is 2.39. The minimum absolute atomic E-state index is 0.115. The minimum Gasteiger partial charge on any atom is -0.337 e. The van der Waals surface area contributed by atoms with Crippen LogP contribution in [0.2, 0.25) is 0 Å². The van der Waals surface area contributed by atoms with Crippen LogP contribution >= 0.6 is 0 Å². The number of hydrogen-bond acceptors (Lipinski definition) is 1. The Hall–Kier alpha value is -2.16. The smallest absolute Gasteiger partial charge is 0.256 e. The summed E-state index contributed by atoms with van der Waals surface area (Å²) < 4.78 is 13.8. The van der Waals surface area contributed by atoms with E-state index >= 15 is 0 Å². The normalized spacial score (nSPS) is 10.3. The Morgan fingerprint density at radius 1 is 1.16 bits per heavy atom. The molecule has 0 aliphatic rings. The predicted octanol–water partition coefficient (Wildman–Crippen LogP) is 3.41. The summed E-state index contributed by atoms with van der Waals surface area (Å²) in [5.74, 6) is -0.772. The quantitative estimate of drug-likeness (QED) is 0.825. The third kappa shape index (κ3) is 3.19. The van der Waals surface area contributed by atoms with Crippen molar-refractivity contribution in [2.24, 2.45) is 0 Å². The monoisotopic (exact) mass is 257 g/mol. The molecule has 98 valence electrons. The molecule has 19 heavy (non-hydrogen) atoms. The van der Waals surface area contributed by atoms with Gasteiger partial charge in [-0.15, -0.1) is 0 Å². The molecule has 0 aromatic heterocycles. The van der Waals surface area contributed by atoms with E-state index in [1.54, 1.807) is 20.0 Å². The van der Waals surface area contributed by atoms with Gasteiger partial charge in [0.15, 0.2) is 0 Å². The topological polar surface area (TPSA) is 20.3 Å². The van der Waals surface area contributed by atoms with Crippen LogP contribution in [0.15, 0.2) is 48.5 Å². The summed E-state index contributed by atoms with van der Waals surface area (Å²) in [4.78, 5) is 13.7. The minimum atomic E-state index is -0.468. The molecule has 1 amide bonds. The number of amides is 1. The van der Waals surface area contributed by atoms with E-state index in [9.17, 15) is 9.18 Å². The molecule has 0 spiro atoms. The van der Waals surface area contributed by atoms with Gasteiger partial charge >= 0.3 is 0 Å². The van der Waals surface area contributed by atoms with Crippen LogP contribution in [0.3, 0.4) is 0 Å². The highest BCUT2D eigenvalue weighted by Crippen LogP contribution is 2.13. The standard InChI is InChI=1S/C16H16FNO/c1-12-8-9-14(15(17)10-12)16(19)18(2)11-13-6-4-3-5-7-13/h3-10H,11H2,1-2H3. The second-order valence-electron chi connectivity index (χ2n) is 4.63. The Bertz CT molecular complexity index is 581. The fourth-order valence-corrected chi connectivity index (χ4v) is 1.93. The van der Waals surface area contributed by atoms with Gasteiger partial charge in [-0.25, -0.2) is 4.39 Å². The van der Waals surface area contributed by atoms with Crippen molar-refractivity contribution in [3.05, 3.63) is 71.0 Å². The highest BCUT2D eigenvalue weighted by molar-refractivity contribution is 5.94. The molecule has 2 aromatic rings. The lowest BCUT2D eigenvalue weighted by Gasteiger charge is -2.17. The number of nitrogens with zero attached hydrogens (tertiary/aromatic N) is 1. The van der Waals surface area contributed by atoms with Crippen LogP contribution in [0.5, 0.6) is 0 Å². The first-order chi connectivity index (χ1) is 9.08. The summed E-state index contributed by atoms with van der Waals surface area (Å²) in [6.07, 6.45) is 0. The third-order valence-electron chi connectivity index (χ3n) is 2.96. The van der Waals surface area contributed by atoms with E-state index in [0.29, 0.717) is 6.54 Å². The van der Waals surface area contributed by atoms with Crippen molar-refractivity contribution >= 4 is 5.91 Å². The van der Waals surface area contributed by atoms with Crippen molar-refractivity contribution in [1.82, 2.24) is 4.90 Å². The first kappa shape index (κ1) is 13.3. The van der Waals surface area contributed by atoms with Crippen LogP contribution in [0.25, 0.3) is 0 Å². The summed E-state index contributed by atoms with van der Waals surface area (Å²) in [5, 5.41) is 0. The van der Waals surface area contributed by atoms with Crippen LogP contribution in [-0.2, 0) is 6.54 Å². The highest BCUT2D eigenvalue weighted by atomic mass is 19.1. The number of carbonyl (C=O) groups excluding carboxylic acids is 1. The summed E-state index contributed by atoms with van der Waals surface area (Å²) in [6.45, 7) is 2.26. The van der Waals surface area contributed by atoms with Crippen molar-refractivity contribution in [3.63, 3.8) is 0 Å². The van der Waals surface area contributed by atoms with Gasteiger partial charge in [0.25, 0.3) is 5.91 Å².